The molecule has 2 atom stereocenters. The van der Waals surface area contributed by atoms with Gasteiger partial charge in [0, 0.05) is 24.9 Å². The molecule has 1 aromatic carbocycles. The minimum Gasteiger partial charge on any atom is -0.352 e. The molecule has 0 spiro atoms. The third-order valence-corrected chi connectivity index (χ3v) is 5.52. The van der Waals surface area contributed by atoms with Crippen molar-refractivity contribution in [2.24, 2.45) is 5.92 Å². The molecule has 1 saturated heterocycles. The van der Waals surface area contributed by atoms with Gasteiger partial charge in [-0.15, -0.1) is 11.3 Å². The van der Waals surface area contributed by atoms with Crippen molar-refractivity contribution < 1.29 is 9.59 Å². The molecule has 1 aliphatic heterocycles. The molecule has 2 aromatic rings. The van der Waals surface area contributed by atoms with Gasteiger partial charge in [-0.2, -0.15) is 0 Å². The summed E-state index contributed by atoms with van der Waals surface area (Å²) in [4.78, 5) is 27.7. The van der Waals surface area contributed by atoms with Gasteiger partial charge in [0.2, 0.25) is 11.8 Å². The van der Waals surface area contributed by atoms with E-state index in [1.807, 2.05) is 42.6 Å². The zero-order chi connectivity index (χ0) is 17.1. The maximum Gasteiger partial charge on any atom is 0.225 e. The molecule has 5 heteroatoms. The van der Waals surface area contributed by atoms with Gasteiger partial charge in [-0.05, 0) is 30.4 Å². The predicted octanol–water partition coefficient (Wildman–Crippen LogP) is 3.28. The van der Waals surface area contributed by atoms with Gasteiger partial charge in [0.25, 0.3) is 0 Å². The van der Waals surface area contributed by atoms with Gasteiger partial charge in [-0.3, -0.25) is 9.59 Å². The van der Waals surface area contributed by atoms with Crippen molar-refractivity contribution >= 4 is 23.2 Å². The highest BCUT2D eigenvalue weighted by Crippen LogP contribution is 2.37. The number of carbonyl (C=O) groups excluding carboxylic acids is 2. The molecule has 1 fully saturated rings. The van der Waals surface area contributed by atoms with Crippen LogP contribution in [0.15, 0.2) is 41.8 Å². The molecule has 1 aliphatic rings. The maximum absolute atomic E-state index is 12.8. The van der Waals surface area contributed by atoms with E-state index in [1.54, 1.807) is 23.3 Å². The Morgan fingerprint density at radius 2 is 2.17 bits per heavy atom. The fourth-order valence-electron chi connectivity index (χ4n) is 3.30. The monoisotopic (exact) mass is 342 g/mol. The van der Waals surface area contributed by atoms with Gasteiger partial charge in [0.1, 0.15) is 0 Å². The van der Waals surface area contributed by atoms with E-state index in [2.05, 4.69) is 11.4 Å². The van der Waals surface area contributed by atoms with Crippen LogP contribution in [0, 0.1) is 12.8 Å². The summed E-state index contributed by atoms with van der Waals surface area (Å²) in [5, 5.41) is 5.04. The Balaban J connectivity index is 1.73. The number of carbonyl (C=O) groups is 2. The lowest BCUT2D eigenvalue weighted by Crippen LogP contribution is -2.45. The standard InChI is InChI=1S/C19H22N2O2S/c1-13-5-3-6-14(11-13)12-20-19(23)15-8-9-17(22)21(2)18(15)16-7-4-10-24-16/h3-7,10-11,15,18H,8-9,12H2,1-2H3,(H,20,23)/t15-,18-/m1/s1. The van der Waals surface area contributed by atoms with Crippen LogP contribution < -0.4 is 5.32 Å². The number of hydrogen-bond acceptors (Lipinski definition) is 3. The molecule has 2 heterocycles. The largest absolute Gasteiger partial charge is 0.352 e. The number of benzene rings is 1. The summed E-state index contributed by atoms with van der Waals surface area (Å²) in [6, 6.07) is 11.9. The average molecular weight is 342 g/mol. The van der Waals surface area contributed by atoms with Gasteiger partial charge >= 0.3 is 0 Å². The van der Waals surface area contributed by atoms with Crippen molar-refractivity contribution in [2.75, 3.05) is 7.05 Å². The van der Waals surface area contributed by atoms with Gasteiger partial charge in [0.15, 0.2) is 0 Å². The molecule has 2 amide bonds. The van der Waals surface area contributed by atoms with Gasteiger partial charge in [-0.1, -0.05) is 35.9 Å². The van der Waals surface area contributed by atoms with Gasteiger partial charge in [0.05, 0.1) is 12.0 Å². The Labute approximate surface area is 146 Å². The van der Waals surface area contributed by atoms with Crippen LogP contribution in [-0.2, 0) is 16.1 Å². The number of thiophene rings is 1. The first kappa shape index (κ1) is 16.7. The highest BCUT2D eigenvalue weighted by molar-refractivity contribution is 7.10. The Morgan fingerprint density at radius 3 is 2.88 bits per heavy atom. The molecule has 24 heavy (non-hydrogen) atoms. The number of likely N-dealkylation sites (tertiary alicyclic amines) is 1. The van der Waals surface area contributed by atoms with Crippen molar-refractivity contribution in [2.45, 2.75) is 32.4 Å². The first-order valence-corrected chi connectivity index (χ1v) is 9.06. The predicted molar refractivity (Wildman–Crippen MR) is 95.6 cm³/mol. The average Bonchev–Trinajstić information content (AvgIpc) is 3.09. The number of nitrogens with zero attached hydrogens (tertiary/aromatic N) is 1. The Kier molecular flexibility index (Phi) is 5.00. The molecule has 3 rings (SSSR count). The quantitative estimate of drug-likeness (QED) is 0.927. The minimum atomic E-state index is -0.198. The SMILES string of the molecule is Cc1cccc(CNC(=O)[C@@H]2CCC(=O)N(C)[C@H]2c2cccs2)c1. The lowest BCUT2D eigenvalue weighted by Gasteiger charge is -2.37. The van der Waals surface area contributed by atoms with Crippen LogP contribution in [0.1, 0.15) is 34.9 Å². The first-order chi connectivity index (χ1) is 11.6. The number of amides is 2. The van der Waals surface area contributed by atoms with E-state index in [0.717, 1.165) is 10.4 Å². The number of piperidine rings is 1. The third kappa shape index (κ3) is 3.51. The van der Waals surface area contributed by atoms with E-state index in [1.165, 1.54) is 5.56 Å². The van der Waals surface area contributed by atoms with E-state index in [4.69, 9.17) is 0 Å². The van der Waals surface area contributed by atoms with E-state index in [0.29, 0.717) is 19.4 Å². The molecule has 4 nitrogen and oxygen atoms in total. The Bertz CT molecular complexity index is 727. The fourth-order valence-corrected chi connectivity index (χ4v) is 4.24. The third-order valence-electron chi connectivity index (χ3n) is 4.58. The minimum absolute atomic E-state index is 0.0225. The van der Waals surface area contributed by atoms with Crippen molar-refractivity contribution in [3.8, 4) is 0 Å². The number of rotatable bonds is 4. The van der Waals surface area contributed by atoms with Crippen LogP contribution in [0.4, 0.5) is 0 Å². The molecule has 1 aromatic heterocycles. The number of aryl methyl sites for hydroxylation is 1. The summed E-state index contributed by atoms with van der Waals surface area (Å²) >= 11 is 1.60. The zero-order valence-electron chi connectivity index (χ0n) is 14.0. The van der Waals surface area contributed by atoms with Crippen molar-refractivity contribution in [1.82, 2.24) is 10.2 Å². The van der Waals surface area contributed by atoms with E-state index in [-0.39, 0.29) is 23.8 Å². The molecular weight excluding hydrogens is 320 g/mol. The molecule has 1 N–H and O–H groups in total. The number of nitrogens with one attached hydrogen (secondary N) is 1. The molecule has 0 aliphatic carbocycles. The normalized spacial score (nSPS) is 20.9. The lowest BCUT2D eigenvalue weighted by atomic mass is 9.87. The summed E-state index contributed by atoms with van der Waals surface area (Å²) in [5.41, 5.74) is 2.28. The zero-order valence-corrected chi connectivity index (χ0v) is 14.8. The van der Waals surface area contributed by atoms with Crippen LogP contribution in [-0.4, -0.2) is 23.8 Å². The van der Waals surface area contributed by atoms with E-state index in [9.17, 15) is 9.59 Å². The fraction of sp³-hybridized carbons (Fsp3) is 0.368. The smallest absolute Gasteiger partial charge is 0.225 e. The second kappa shape index (κ2) is 7.18. The van der Waals surface area contributed by atoms with E-state index < -0.39 is 0 Å². The second-order valence-corrected chi connectivity index (χ2v) is 7.30. The van der Waals surface area contributed by atoms with Crippen LogP contribution in [0.3, 0.4) is 0 Å². The molecule has 0 radical (unpaired) electrons. The first-order valence-electron chi connectivity index (χ1n) is 8.18. The Morgan fingerprint density at radius 1 is 1.33 bits per heavy atom. The van der Waals surface area contributed by atoms with Crippen LogP contribution in [0.25, 0.3) is 0 Å². The van der Waals surface area contributed by atoms with Crippen molar-refractivity contribution in [3.63, 3.8) is 0 Å². The molecular formula is C19H22N2O2S. The summed E-state index contributed by atoms with van der Waals surface area (Å²) < 4.78 is 0. The number of hydrogen-bond donors (Lipinski definition) is 1. The van der Waals surface area contributed by atoms with Crippen LogP contribution >= 0.6 is 11.3 Å². The summed E-state index contributed by atoms with van der Waals surface area (Å²) in [7, 11) is 1.80. The highest BCUT2D eigenvalue weighted by atomic mass is 32.1. The van der Waals surface area contributed by atoms with Crippen molar-refractivity contribution in [1.29, 1.82) is 0 Å². The topological polar surface area (TPSA) is 49.4 Å². The molecule has 126 valence electrons. The van der Waals surface area contributed by atoms with E-state index >= 15 is 0 Å². The molecule has 0 unspecified atom stereocenters. The highest BCUT2D eigenvalue weighted by Gasteiger charge is 2.39. The van der Waals surface area contributed by atoms with Gasteiger partial charge < -0.3 is 10.2 Å². The van der Waals surface area contributed by atoms with Gasteiger partial charge in [-0.25, -0.2) is 0 Å². The summed E-state index contributed by atoms with van der Waals surface area (Å²) in [5.74, 6) is -0.0680. The molecule has 0 saturated carbocycles. The second-order valence-electron chi connectivity index (χ2n) is 6.32. The van der Waals surface area contributed by atoms with Crippen LogP contribution in [0.2, 0.25) is 0 Å². The maximum atomic E-state index is 12.8. The summed E-state index contributed by atoms with van der Waals surface area (Å²) in [6.45, 7) is 2.56. The summed E-state index contributed by atoms with van der Waals surface area (Å²) in [6.07, 6.45) is 1.03. The van der Waals surface area contributed by atoms with Crippen LogP contribution in [0.5, 0.6) is 0 Å². The Hall–Kier alpha value is -2.14. The lowest BCUT2D eigenvalue weighted by molar-refractivity contribution is -0.141. The molecule has 0 bridgehead atoms. The van der Waals surface area contributed by atoms with Crippen molar-refractivity contribution in [3.05, 3.63) is 57.8 Å².